The minimum absolute atomic E-state index is 0.326. The van der Waals surface area contributed by atoms with Crippen LogP contribution < -0.4 is 10.6 Å². The lowest BCUT2D eigenvalue weighted by molar-refractivity contribution is 0.248. The molecule has 0 aliphatic carbocycles. The van der Waals surface area contributed by atoms with Crippen LogP contribution in [0, 0.1) is 13.8 Å². The Morgan fingerprint density at radius 3 is 2.43 bits per heavy atom. The summed E-state index contributed by atoms with van der Waals surface area (Å²) in [5.41, 5.74) is 12.2. The molecule has 1 fully saturated rings. The first-order chi connectivity index (χ1) is 17.1. The Labute approximate surface area is 203 Å². The molecule has 0 aromatic carbocycles. The van der Waals surface area contributed by atoms with Gasteiger partial charge in [0.1, 0.15) is 11.3 Å². The standard InChI is InChI=1S/C25H28N10/c1-17-18(2)34(16-13-32-11-14-33(15-12-32)19-6-9-27-10-7-19)23-21(17)24-29-22(20-5-3-4-8-28-20)31-35(24)25(26)30-23/h3-10H,11-16H2,1-2H3,(H2,26,30). The predicted octanol–water partition coefficient (Wildman–Crippen LogP) is 2.56. The number of fused-ring (bicyclic) bond motifs is 3. The van der Waals surface area contributed by atoms with Gasteiger partial charge in [-0.3, -0.25) is 14.9 Å². The number of nitrogens with zero attached hydrogens (tertiary/aromatic N) is 9. The summed E-state index contributed by atoms with van der Waals surface area (Å²) in [5.74, 6) is 0.871. The molecule has 5 aromatic rings. The summed E-state index contributed by atoms with van der Waals surface area (Å²) < 4.78 is 3.90. The average molecular weight is 469 g/mol. The molecule has 6 heterocycles. The van der Waals surface area contributed by atoms with Crippen molar-refractivity contribution in [3.63, 3.8) is 0 Å². The number of pyridine rings is 2. The van der Waals surface area contributed by atoms with E-state index < -0.39 is 0 Å². The van der Waals surface area contributed by atoms with E-state index in [-0.39, 0.29) is 0 Å². The third kappa shape index (κ3) is 3.75. The van der Waals surface area contributed by atoms with Crippen LogP contribution in [0.3, 0.4) is 0 Å². The summed E-state index contributed by atoms with van der Waals surface area (Å²) in [6.45, 7) is 10.1. The highest BCUT2D eigenvalue weighted by atomic mass is 15.4. The van der Waals surface area contributed by atoms with Gasteiger partial charge in [-0.2, -0.15) is 9.50 Å². The maximum atomic E-state index is 6.35. The quantitative estimate of drug-likeness (QED) is 0.420. The van der Waals surface area contributed by atoms with Gasteiger partial charge in [0.2, 0.25) is 11.8 Å². The molecule has 2 N–H and O–H groups in total. The van der Waals surface area contributed by atoms with Crippen molar-refractivity contribution >= 4 is 28.3 Å². The Morgan fingerprint density at radius 1 is 0.886 bits per heavy atom. The number of rotatable bonds is 5. The van der Waals surface area contributed by atoms with Crippen molar-refractivity contribution in [1.82, 2.24) is 39.0 Å². The van der Waals surface area contributed by atoms with Gasteiger partial charge in [0, 0.05) is 69.2 Å². The zero-order chi connectivity index (χ0) is 23.9. The van der Waals surface area contributed by atoms with Gasteiger partial charge in [-0.05, 0) is 43.7 Å². The summed E-state index contributed by atoms with van der Waals surface area (Å²) >= 11 is 0. The van der Waals surface area contributed by atoms with Crippen LogP contribution >= 0.6 is 0 Å². The molecular weight excluding hydrogens is 440 g/mol. The fraction of sp³-hybridized carbons (Fsp3) is 0.320. The highest BCUT2D eigenvalue weighted by Crippen LogP contribution is 2.29. The third-order valence-corrected chi connectivity index (χ3v) is 7.00. The fourth-order valence-electron chi connectivity index (χ4n) is 4.92. The molecule has 1 aliphatic rings. The Bertz CT molecular complexity index is 1480. The molecule has 10 nitrogen and oxygen atoms in total. The molecule has 0 amide bonds. The second-order valence-corrected chi connectivity index (χ2v) is 8.95. The van der Waals surface area contributed by atoms with E-state index in [0.29, 0.717) is 17.5 Å². The Kier molecular flexibility index (Phi) is 5.29. The summed E-state index contributed by atoms with van der Waals surface area (Å²) in [6.07, 6.45) is 5.45. The molecule has 1 saturated heterocycles. The van der Waals surface area contributed by atoms with Crippen LogP contribution in [0.5, 0.6) is 0 Å². The monoisotopic (exact) mass is 468 g/mol. The molecule has 0 radical (unpaired) electrons. The Morgan fingerprint density at radius 2 is 1.69 bits per heavy atom. The molecule has 5 aromatic heterocycles. The number of anilines is 2. The van der Waals surface area contributed by atoms with Crippen LogP contribution in [-0.4, -0.2) is 71.7 Å². The summed E-state index contributed by atoms with van der Waals surface area (Å²) in [4.78, 5) is 23.0. The number of aromatic nitrogens is 7. The first-order valence-electron chi connectivity index (χ1n) is 11.9. The van der Waals surface area contributed by atoms with E-state index in [1.165, 1.54) is 11.4 Å². The van der Waals surface area contributed by atoms with Crippen molar-refractivity contribution < 1.29 is 0 Å². The van der Waals surface area contributed by atoms with Gasteiger partial charge in [0.05, 0.1) is 5.39 Å². The molecule has 35 heavy (non-hydrogen) atoms. The van der Waals surface area contributed by atoms with Crippen molar-refractivity contribution in [1.29, 1.82) is 0 Å². The largest absolute Gasteiger partial charge is 0.369 e. The normalized spacial score (nSPS) is 14.9. The van der Waals surface area contributed by atoms with E-state index in [9.17, 15) is 0 Å². The van der Waals surface area contributed by atoms with Crippen molar-refractivity contribution in [3.8, 4) is 11.5 Å². The lowest BCUT2D eigenvalue weighted by Crippen LogP contribution is -2.47. The molecule has 0 saturated carbocycles. The maximum absolute atomic E-state index is 6.35. The minimum Gasteiger partial charge on any atom is -0.369 e. The van der Waals surface area contributed by atoms with E-state index in [1.807, 2.05) is 30.6 Å². The zero-order valence-corrected chi connectivity index (χ0v) is 20.0. The van der Waals surface area contributed by atoms with Crippen molar-refractivity contribution in [2.45, 2.75) is 20.4 Å². The van der Waals surface area contributed by atoms with E-state index >= 15 is 0 Å². The van der Waals surface area contributed by atoms with E-state index in [4.69, 9.17) is 15.7 Å². The molecule has 178 valence electrons. The fourth-order valence-corrected chi connectivity index (χ4v) is 4.92. The van der Waals surface area contributed by atoms with Crippen LogP contribution in [0.4, 0.5) is 11.6 Å². The average Bonchev–Trinajstić information content (AvgIpc) is 3.45. The van der Waals surface area contributed by atoms with Crippen LogP contribution in [0.1, 0.15) is 11.3 Å². The van der Waals surface area contributed by atoms with Crippen LogP contribution in [0.25, 0.3) is 28.2 Å². The summed E-state index contributed by atoms with van der Waals surface area (Å²) in [5, 5.41) is 5.59. The van der Waals surface area contributed by atoms with Gasteiger partial charge in [0.15, 0.2) is 5.65 Å². The van der Waals surface area contributed by atoms with Gasteiger partial charge >= 0.3 is 0 Å². The lowest BCUT2D eigenvalue weighted by atomic mass is 10.2. The minimum atomic E-state index is 0.326. The topological polar surface area (TPSA) is 106 Å². The zero-order valence-electron chi connectivity index (χ0n) is 20.0. The number of piperazine rings is 1. The molecule has 0 bridgehead atoms. The molecule has 6 rings (SSSR count). The number of hydrogen-bond acceptors (Lipinski definition) is 8. The molecule has 10 heteroatoms. The molecular formula is C25H28N10. The van der Waals surface area contributed by atoms with Gasteiger partial charge in [-0.1, -0.05) is 6.07 Å². The third-order valence-electron chi connectivity index (χ3n) is 7.00. The van der Waals surface area contributed by atoms with Crippen molar-refractivity contribution in [3.05, 3.63) is 60.2 Å². The Hall–Kier alpha value is -4.05. The number of nitrogen functional groups attached to an aromatic ring is 1. The Balaban J connectivity index is 1.26. The molecule has 0 spiro atoms. The van der Waals surface area contributed by atoms with Crippen molar-refractivity contribution in [2.24, 2.45) is 0 Å². The summed E-state index contributed by atoms with van der Waals surface area (Å²) in [6, 6.07) is 9.85. The van der Waals surface area contributed by atoms with E-state index in [1.54, 1.807) is 10.7 Å². The summed E-state index contributed by atoms with van der Waals surface area (Å²) in [7, 11) is 0. The first kappa shape index (κ1) is 21.5. The predicted molar refractivity (Wildman–Crippen MR) is 136 cm³/mol. The number of aryl methyl sites for hydroxylation is 1. The van der Waals surface area contributed by atoms with E-state index in [2.05, 4.69) is 55.4 Å². The second kappa shape index (κ2) is 8.62. The van der Waals surface area contributed by atoms with Gasteiger partial charge in [-0.25, -0.2) is 4.98 Å². The van der Waals surface area contributed by atoms with Gasteiger partial charge in [-0.15, -0.1) is 5.10 Å². The number of nitrogens with two attached hydrogens (primary N) is 1. The highest BCUT2D eigenvalue weighted by molar-refractivity contribution is 5.95. The van der Waals surface area contributed by atoms with Crippen LogP contribution in [-0.2, 0) is 6.54 Å². The van der Waals surface area contributed by atoms with Gasteiger partial charge < -0.3 is 15.2 Å². The highest BCUT2D eigenvalue weighted by Gasteiger charge is 2.22. The lowest BCUT2D eigenvalue weighted by Gasteiger charge is -2.36. The van der Waals surface area contributed by atoms with Crippen LogP contribution in [0.15, 0.2) is 48.9 Å². The smallest absolute Gasteiger partial charge is 0.225 e. The first-order valence-corrected chi connectivity index (χ1v) is 11.9. The van der Waals surface area contributed by atoms with E-state index in [0.717, 1.165) is 61.5 Å². The molecule has 1 aliphatic heterocycles. The van der Waals surface area contributed by atoms with Gasteiger partial charge in [0.25, 0.3) is 0 Å². The van der Waals surface area contributed by atoms with Crippen molar-refractivity contribution in [2.75, 3.05) is 43.4 Å². The SMILES string of the molecule is Cc1c(C)n(CCN2CCN(c3ccncc3)CC2)c2nc(N)n3nc(-c4ccccn4)nc3c12. The van der Waals surface area contributed by atoms with Crippen LogP contribution in [0.2, 0.25) is 0 Å². The second-order valence-electron chi connectivity index (χ2n) is 8.95. The maximum Gasteiger partial charge on any atom is 0.225 e. The molecule has 0 atom stereocenters. The number of hydrogen-bond donors (Lipinski definition) is 1. The molecule has 0 unspecified atom stereocenters.